The van der Waals surface area contributed by atoms with Crippen LogP contribution in [0.4, 0.5) is 27.8 Å². The number of rotatable bonds is 5. The van der Waals surface area contributed by atoms with E-state index in [0.717, 1.165) is 21.5 Å². The minimum Gasteiger partial charge on any atom is -0.352 e. The van der Waals surface area contributed by atoms with Crippen molar-refractivity contribution in [3.63, 3.8) is 0 Å². The summed E-state index contributed by atoms with van der Waals surface area (Å²) in [6.07, 6.45) is -7.63. The first-order chi connectivity index (χ1) is 14.2. The van der Waals surface area contributed by atoms with Gasteiger partial charge in [0.2, 0.25) is 5.91 Å². The van der Waals surface area contributed by atoms with E-state index in [1.165, 1.54) is 11.2 Å². The molecule has 1 atom stereocenters. The highest BCUT2D eigenvalue weighted by atomic mass is 32.1. The van der Waals surface area contributed by atoms with Gasteiger partial charge in [-0.1, -0.05) is 20.8 Å². The first-order valence-corrected chi connectivity index (χ1v) is 10.6. The van der Waals surface area contributed by atoms with Gasteiger partial charge < -0.3 is 9.80 Å². The Bertz CT molecular complexity index is 834. The molecule has 0 N–H and O–H groups in total. The average Bonchev–Trinajstić information content (AvgIpc) is 3.16. The molecule has 3 heterocycles. The van der Waals surface area contributed by atoms with E-state index in [1.54, 1.807) is 11.3 Å². The van der Waals surface area contributed by atoms with Gasteiger partial charge in [-0.2, -0.15) is 13.2 Å². The predicted molar refractivity (Wildman–Crippen MR) is 107 cm³/mol. The molecule has 1 aliphatic heterocycles. The van der Waals surface area contributed by atoms with Gasteiger partial charge in [0.05, 0.1) is 5.39 Å². The SMILES string of the molecule is CC.CCc1cc2c(N3CCN(C(=O)CC(C(F)F)C(F)(F)F)CC3)ncnc2s1. The average molecular weight is 452 g/mol. The molecule has 0 spiro atoms. The molecule has 2 aromatic rings. The Morgan fingerprint density at radius 3 is 2.33 bits per heavy atom. The van der Waals surface area contributed by atoms with E-state index in [4.69, 9.17) is 0 Å². The zero-order chi connectivity index (χ0) is 22.5. The fourth-order valence-electron chi connectivity index (χ4n) is 3.15. The number of amides is 1. The van der Waals surface area contributed by atoms with E-state index >= 15 is 0 Å². The van der Waals surface area contributed by atoms with Crippen LogP contribution in [-0.2, 0) is 11.2 Å². The number of fused-ring (bicyclic) bond motifs is 1. The second-order valence-electron chi connectivity index (χ2n) is 6.54. The number of aryl methyl sites for hydroxylation is 1. The molecule has 0 bridgehead atoms. The Labute approximate surface area is 175 Å². The predicted octanol–water partition coefficient (Wildman–Crippen LogP) is 4.76. The molecular weight excluding hydrogens is 427 g/mol. The molecule has 0 aliphatic carbocycles. The number of carbonyl (C=O) groups is 1. The summed E-state index contributed by atoms with van der Waals surface area (Å²) in [4.78, 5) is 25.9. The van der Waals surface area contributed by atoms with Crippen LogP contribution in [-0.4, -0.2) is 59.6 Å². The monoisotopic (exact) mass is 452 g/mol. The van der Waals surface area contributed by atoms with Crippen molar-refractivity contribution in [3.8, 4) is 0 Å². The molecule has 3 rings (SSSR count). The molecule has 1 amide bonds. The topological polar surface area (TPSA) is 49.3 Å². The highest BCUT2D eigenvalue weighted by molar-refractivity contribution is 7.18. The number of alkyl halides is 5. The van der Waals surface area contributed by atoms with E-state index in [-0.39, 0.29) is 13.1 Å². The molecule has 2 aromatic heterocycles. The van der Waals surface area contributed by atoms with Gasteiger partial charge >= 0.3 is 6.18 Å². The number of hydrogen-bond acceptors (Lipinski definition) is 5. The minimum absolute atomic E-state index is 0.156. The first kappa shape index (κ1) is 24.2. The lowest BCUT2D eigenvalue weighted by molar-refractivity contribution is -0.210. The van der Waals surface area contributed by atoms with Gasteiger partial charge in [0.15, 0.2) is 0 Å². The molecule has 11 heteroatoms. The van der Waals surface area contributed by atoms with Crippen molar-refractivity contribution in [3.05, 3.63) is 17.3 Å². The maximum atomic E-state index is 12.7. The smallest absolute Gasteiger partial charge is 0.352 e. The van der Waals surface area contributed by atoms with Crippen LogP contribution in [0.15, 0.2) is 12.4 Å². The summed E-state index contributed by atoms with van der Waals surface area (Å²) in [7, 11) is 0. The van der Waals surface area contributed by atoms with Crippen molar-refractivity contribution >= 4 is 33.3 Å². The third-order valence-electron chi connectivity index (χ3n) is 4.76. The van der Waals surface area contributed by atoms with Gasteiger partial charge in [-0.3, -0.25) is 4.79 Å². The molecule has 0 radical (unpaired) electrons. The van der Waals surface area contributed by atoms with Gasteiger partial charge in [-0.15, -0.1) is 11.3 Å². The molecule has 168 valence electrons. The van der Waals surface area contributed by atoms with E-state index in [2.05, 4.69) is 9.97 Å². The molecule has 1 unspecified atom stereocenters. The number of carbonyl (C=O) groups excluding carboxylic acids is 1. The van der Waals surface area contributed by atoms with Gasteiger partial charge in [-0.25, -0.2) is 18.7 Å². The Kier molecular flexibility index (Phi) is 8.34. The number of piperazine rings is 1. The summed E-state index contributed by atoms with van der Waals surface area (Å²) in [6.45, 7) is 7.07. The van der Waals surface area contributed by atoms with Crippen molar-refractivity contribution in [2.45, 2.75) is 46.2 Å². The van der Waals surface area contributed by atoms with Crippen molar-refractivity contribution in [2.24, 2.45) is 5.92 Å². The summed E-state index contributed by atoms with van der Waals surface area (Å²) in [5, 5.41) is 0.902. The quantitative estimate of drug-likeness (QED) is 0.614. The largest absolute Gasteiger partial charge is 0.397 e. The Balaban J connectivity index is 0.00000155. The van der Waals surface area contributed by atoms with E-state index < -0.39 is 30.8 Å². The van der Waals surface area contributed by atoms with Crippen LogP contribution in [0, 0.1) is 5.92 Å². The third kappa shape index (κ3) is 5.55. The summed E-state index contributed by atoms with van der Waals surface area (Å²) < 4.78 is 63.4. The van der Waals surface area contributed by atoms with Crippen LogP contribution in [0.1, 0.15) is 32.1 Å². The zero-order valence-corrected chi connectivity index (χ0v) is 17.9. The molecule has 0 saturated carbocycles. The van der Waals surface area contributed by atoms with Crippen molar-refractivity contribution in [2.75, 3.05) is 31.1 Å². The molecule has 5 nitrogen and oxygen atoms in total. The Morgan fingerprint density at radius 1 is 1.17 bits per heavy atom. The molecule has 1 aliphatic rings. The van der Waals surface area contributed by atoms with Crippen LogP contribution in [0.3, 0.4) is 0 Å². The molecule has 30 heavy (non-hydrogen) atoms. The van der Waals surface area contributed by atoms with Crippen molar-refractivity contribution < 1.29 is 26.7 Å². The fourth-order valence-corrected chi connectivity index (χ4v) is 4.08. The molecular formula is C19H25F5N4OS. The minimum atomic E-state index is -5.10. The van der Waals surface area contributed by atoms with Crippen LogP contribution >= 0.6 is 11.3 Å². The zero-order valence-electron chi connectivity index (χ0n) is 17.0. The second-order valence-corrected chi connectivity index (χ2v) is 7.65. The molecule has 0 aromatic carbocycles. The van der Waals surface area contributed by atoms with E-state index in [9.17, 15) is 26.7 Å². The van der Waals surface area contributed by atoms with Crippen LogP contribution in [0.25, 0.3) is 10.2 Å². The lowest BCUT2D eigenvalue weighted by Gasteiger charge is -2.36. The maximum Gasteiger partial charge on any atom is 0.397 e. The van der Waals surface area contributed by atoms with Gasteiger partial charge in [0.1, 0.15) is 22.9 Å². The van der Waals surface area contributed by atoms with Gasteiger partial charge in [-0.05, 0) is 12.5 Å². The second kappa shape index (κ2) is 10.3. The van der Waals surface area contributed by atoms with Crippen molar-refractivity contribution in [1.82, 2.24) is 14.9 Å². The standard InChI is InChI=1S/C17H19F5N4OS.C2H6/c1-2-10-7-11-15(23-9-24-16(11)28-10)26-5-3-25(4-6-26)13(27)8-12(14(18)19)17(20,21)22;1-2/h7,9,12,14H,2-6,8H2,1H3;1-2H3. The van der Waals surface area contributed by atoms with Gasteiger partial charge in [0, 0.05) is 37.5 Å². The van der Waals surface area contributed by atoms with E-state index in [1.807, 2.05) is 31.7 Å². The van der Waals surface area contributed by atoms with Crippen molar-refractivity contribution in [1.29, 1.82) is 0 Å². The van der Waals surface area contributed by atoms with Crippen LogP contribution < -0.4 is 4.90 Å². The number of aromatic nitrogens is 2. The van der Waals surface area contributed by atoms with Gasteiger partial charge in [0.25, 0.3) is 6.43 Å². The lowest BCUT2D eigenvalue weighted by Crippen LogP contribution is -2.50. The fraction of sp³-hybridized carbons (Fsp3) is 0.632. The summed E-state index contributed by atoms with van der Waals surface area (Å²) in [5.41, 5.74) is 0. The first-order valence-electron chi connectivity index (χ1n) is 9.81. The lowest BCUT2D eigenvalue weighted by atomic mass is 10.0. The van der Waals surface area contributed by atoms with Crippen LogP contribution in [0.2, 0.25) is 0 Å². The number of anilines is 1. The van der Waals surface area contributed by atoms with Crippen LogP contribution in [0.5, 0.6) is 0 Å². The number of hydrogen-bond donors (Lipinski definition) is 0. The molecule has 1 saturated heterocycles. The summed E-state index contributed by atoms with van der Waals surface area (Å²) >= 11 is 1.57. The summed E-state index contributed by atoms with van der Waals surface area (Å²) in [5.74, 6) is -3.12. The third-order valence-corrected chi connectivity index (χ3v) is 5.95. The summed E-state index contributed by atoms with van der Waals surface area (Å²) in [6, 6.07) is 2.02. The normalized spacial score (nSPS) is 15.9. The number of nitrogens with zero attached hydrogens (tertiary/aromatic N) is 4. The Hall–Kier alpha value is -2.04. The highest BCUT2D eigenvalue weighted by Crippen LogP contribution is 2.34. The maximum absolute atomic E-state index is 12.7. The highest BCUT2D eigenvalue weighted by Gasteiger charge is 2.47. The molecule has 1 fully saturated rings. The number of thiophene rings is 1. The van der Waals surface area contributed by atoms with E-state index in [0.29, 0.717) is 18.9 Å². The number of halogens is 5. The Morgan fingerprint density at radius 2 is 1.80 bits per heavy atom.